The number of hydrogen-bond donors (Lipinski definition) is 3. The van der Waals surface area contributed by atoms with Gasteiger partial charge >= 0.3 is 0 Å². The Kier molecular flexibility index (Phi) is 9.82. The number of carbonyl (C=O) groups excluding carboxylic acids is 2. The fourth-order valence-electron chi connectivity index (χ4n) is 4.37. The highest BCUT2D eigenvalue weighted by atomic mass is 16.6. The molecule has 2 amide bonds. The van der Waals surface area contributed by atoms with Crippen molar-refractivity contribution in [3.63, 3.8) is 0 Å². The molecule has 1 aliphatic rings. The Hall–Kier alpha value is -4.55. The van der Waals surface area contributed by atoms with Crippen LogP contribution in [0.25, 0.3) is 0 Å². The van der Waals surface area contributed by atoms with E-state index in [4.69, 9.17) is 4.74 Å². The van der Waals surface area contributed by atoms with Crippen LogP contribution >= 0.6 is 0 Å². The van der Waals surface area contributed by atoms with Crippen LogP contribution in [0, 0.1) is 17.0 Å². The predicted octanol–water partition coefficient (Wildman–Crippen LogP) is 4.00. The number of carbonyl (C=O) groups is 2. The second-order valence-electron chi connectivity index (χ2n) is 10.0. The van der Waals surface area contributed by atoms with E-state index in [9.17, 15) is 19.7 Å². The van der Waals surface area contributed by atoms with E-state index in [0.717, 1.165) is 18.5 Å². The summed E-state index contributed by atoms with van der Waals surface area (Å²) >= 11 is 0. The molecule has 0 unspecified atom stereocenters. The lowest BCUT2D eigenvalue weighted by Gasteiger charge is -2.27. The first-order chi connectivity index (χ1) is 19.7. The van der Waals surface area contributed by atoms with Crippen LogP contribution in [0.2, 0.25) is 0 Å². The van der Waals surface area contributed by atoms with Gasteiger partial charge in [-0.3, -0.25) is 19.7 Å². The lowest BCUT2D eigenvalue weighted by molar-refractivity contribution is -0.385. The van der Waals surface area contributed by atoms with Crippen LogP contribution in [-0.4, -0.2) is 80.1 Å². The molecule has 12 nitrogen and oxygen atoms in total. The largest absolute Gasteiger partial charge is 0.385 e. The summed E-state index contributed by atoms with van der Waals surface area (Å²) in [6.45, 7) is 5.96. The standard InChI is InChI=1S/C29H35N7O5/c1-20-5-6-23(32-28(37)21-9-11-31-27(17-21)35-13-15-41-16-14-35)19-25(20)33-29(38)24-18-22(7-8-26(24)36(39)40)30-10-4-12-34(2)3/h5-9,11,17-19,30H,4,10,12-16H2,1-3H3,(H,32,37)(H,33,38). The zero-order valence-corrected chi connectivity index (χ0v) is 23.5. The molecule has 0 saturated carbocycles. The van der Waals surface area contributed by atoms with Gasteiger partial charge in [-0.05, 0) is 75.9 Å². The number of amides is 2. The highest BCUT2D eigenvalue weighted by Gasteiger charge is 2.22. The molecule has 2 heterocycles. The van der Waals surface area contributed by atoms with Gasteiger partial charge in [0.2, 0.25) is 0 Å². The summed E-state index contributed by atoms with van der Waals surface area (Å²) in [5.41, 5.74) is 2.33. The third-order valence-corrected chi connectivity index (χ3v) is 6.64. The van der Waals surface area contributed by atoms with Crippen LogP contribution < -0.4 is 20.9 Å². The van der Waals surface area contributed by atoms with Crippen LogP contribution in [0.1, 0.15) is 32.7 Å². The second kappa shape index (κ2) is 13.7. The summed E-state index contributed by atoms with van der Waals surface area (Å²) in [5, 5.41) is 20.5. The van der Waals surface area contributed by atoms with Gasteiger partial charge in [0.25, 0.3) is 17.5 Å². The van der Waals surface area contributed by atoms with Crippen molar-refractivity contribution in [2.24, 2.45) is 0 Å². The normalized spacial score (nSPS) is 13.1. The second-order valence-corrected chi connectivity index (χ2v) is 10.0. The molecule has 1 fully saturated rings. The number of ether oxygens (including phenoxy) is 1. The number of hydrogen-bond acceptors (Lipinski definition) is 9. The number of aromatic nitrogens is 1. The summed E-state index contributed by atoms with van der Waals surface area (Å²) in [5.74, 6) is -0.245. The van der Waals surface area contributed by atoms with Gasteiger partial charge in [0.05, 0.1) is 18.1 Å². The summed E-state index contributed by atoms with van der Waals surface area (Å²) < 4.78 is 5.39. The maximum Gasteiger partial charge on any atom is 0.282 e. The van der Waals surface area contributed by atoms with Crippen molar-refractivity contribution in [2.45, 2.75) is 13.3 Å². The van der Waals surface area contributed by atoms with Crippen molar-refractivity contribution < 1.29 is 19.2 Å². The molecule has 0 atom stereocenters. The molecule has 0 radical (unpaired) electrons. The van der Waals surface area contributed by atoms with E-state index in [1.165, 1.54) is 12.1 Å². The average molecular weight is 562 g/mol. The number of pyridine rings is 1. The monoisotopic (exact) mass is 561 g/mol. The number of nitrogens with zero attached hydrogens (tertiary/aromatic N) is 4. The Morgan fingerprint density at radius 2 is 1.78 bits per heavy atom. The molecule has 1 aromatic heterocycles. The van der Waals surface area contributed by atoms with Crippen molar-refractivity contribution in [1.29, 1.82) is 0 Å². The summed E-state index contributed by atoms with van der Waals surface area (Å²) in [4.78, 5) is 45.9. The zero-order chi connectivity index (χ0) is 29.4. The van der Waals surface area contributed by atoms with Gasteiger partial charge in [-0.2, -0.15) is 0 Å². The number of anilines is 4. The van der Waals surface area contributed by atoms with Crippen LogP contribution in [-0.2, 0) is 4.74 Å². The fourth-order valence-corrected chi connectivity index (χ4v) is 4.37. The van der Waals surface area contributed by atoms with Crippen LogP contribution in [0.15, 0.2) is 54.7 Å². The fraction of sp³-hybridized carbons (Fsp3) is 0.345. The van der Waals surface area contributed by atoms with Gasteiger partial charge in [-0.15, -0.1) is 0 Å². The molecular weight excluding hydrogens is 526 g/mol. The first-order valence-electron chi connectivity index (χ1n) is 13.4. The van der Waals surface area contributed by atoms with E-state index in [1.54, 1.807) is 49.5 Å². The number of nitro benzene ring substituents is 1. The molecule has 2 aromatic carbocycles. The molecule has 41 heavy (non-hydrogen) atoms. The molecular formula is C29H35N7O5. The Labute approximate surface area is 238 Å². The van der Waals surface area contributed by atoms with E-state index in [1.807, 2.05) is 14.1 Å². The molecule has 0 spiro atoms. The highest BCUT2D eigenvalue weighted by Crippen LogP contribution is 2.27. The number of nitrogens with one attached hydrogen (secondary N) is 3. The van der Waals surface area contributed by atoms with Gasteiger partial charge in [-0.1, -0.05) is 6.07 Å². The minimum absolute atomic E-state index is 0.0612. The van der Waals surface area contributed by atoms with E-state index in [0.29, 0.717) is 61.3 Å². The van der Waals surface area contributed by atoms with Crippen molar-refractivity contribution in [3.8, 4) is 0 Å². The smallest absolute Gasteiger partial charge is 0.282 e. The Bertz CT molecular complexity index is 1410. The lowest BCUT2D eigenvalue weighted by Crippen LogP contribution is -2.36. The van der Waals surface area contributed by atoms with Crippen molar-refractivity contribution in [1.82, 2.24) is 9.88 Å². The predicted molar refractivity (Wildman–Crippen MR) is 159 cm³/mol. The SMILES string of the molecule is Cc1ccc(NC(=O)c2ccnc(N3CCOCC3)c2)cc1NC(=O)c1cc(NCCCN(C)C)ccc1[N+](=O)[O-]. The van der Waals surface area contributed by atoms with Gasteiger partial charge in [0.15, 0.2) is 0 Å². The van der Waals surface area contributed by atoms with Crippen LogP contribution in [0.4, 0.5) is 28.6 Å². The summed E-state index contributed by atoms with van der Waals surface area (Å²) in [6.07, 6.45) is 2.47. The van der Waals surface area contributed by atoms with Gasteiger partial charge < -0.3 is 30.5 Å². The molecule has 1 saturated heterocycles. The zero-order valence-electron chi connectivity index (χ0n) is 23.5. The number of benzene rings is 2. The molecule has 216 valence electrons. The van der Waals surface area contributed by atoms with Gasteiger partial charge in [0.1, 0.15) is 11.4 Å². The van der Waals surface area contributed by atoms with Gasteiger partial charge in [-0.25, -0.2) is 4.98 Å². The average Bonchev–Trinajstić information content (AvgIpc) is 2.97. The molecule has 1 aliphatic heterocycles. The summed E-state index contributed by atoms with van der Waals surface area (Å²) in [7, 11) is 3.97. The molecule has 12 heteroatoms. The molecule has 3 N–H and O–H groups in total. The van der Waals surface area contributed by atoms with E-state index >= 15 is 0 Å². The van der Waals surface area contributed by atoms with Crippen molar-refractivity contribution >= 4 is 40.4 Å². The van der Waals surface area contributed by atoms with Crippen LogP contribution in [0.3, 0.4) is 0 Å². The Morgan fingerprint density at radius 3 is 2.51 bits per heavy atom. The number of nitro groups is 1. The molecule has 0 aliphatic carbocycles. The summed E-state index contributed by atoms with van der Waals surface area (Å²) in [6, 6.07) is 12.9. The Balaban J connectivity index is 1.47. The minimum atomic E-state index is -0.621. The quantitative estimate of drug-likeness (QED) is 0.180. The molecule has 0 bridgehead atoms. The van der Waals surface area contributed by atoms with Crippen molar-refractivity contribution in [3.05, 3.63) is 81.5 Å². The molecule has 4 rings (SSSR count). The maximum absolute atomic E-state index is 13.2. The number of morpholine rings is 1. The van der Waals surface area contributed by atoms with Crippen LogP contribution in [0.5, 0.6) is 0 Å². The van der Waals surface area contributed by atoms with Gasteiger partial charge in [0, 0.05) is 54.5 Å². The van der Waals surface area contributed by atoms with Crippen molar-refractivity contribution in [2.75, 3.05) is 74.3 Å². The van der Waals surface area contributed by atoms with E-state index in [2.05, 4.69) is 30.7 Å². The van der Waals surface area contributed by atoms with E-state index in [-0.39, 0.29) is 17.2 Å². The Morgan fingerprint density at radius 1 is 1.02 bits per heavy atom. The number of rotatable bonds is 11. The maximum atomic E-state index is 13.2. The topological polar surface area (TPSA) is 142 Å². The lowest BCUT2D eigenvalue weighted by atomic mass is 10.1. The highest BCUT2D eigenvalue weighted by molar-refractivity contribution is 6.09. The first kappa shape index (κ1) is 29.4. The first-order valence-corrected chi connectivity index (χ1v) is 13.4. The molecule has 3 aromatic rings. The third-order valence-electron chi connectivity index (χ3n) is 6.64. The van der Waals surface area contributed by atoms with E-state index < -0.39 is 10.8 Å². The minimum Gasteiger partial charge on any atom is -0.385 e. The number of aryl methyl sites for hydroxylation is 1. The third kappa shape index (κ3) is 7.99.